The number of hydrogen-bond acceptors (Lipinski definition) is 3. The molecule has 4 nitrogen and oxygen atoms in total. The molecule has 4 rings (SSSR count). The summed E-state index contributed by atoms with van der Waals surface area (Å²) in [6.07, 6.45) is 2.10. The van der Waals surface area contributed by atoms with Gasteiger partial charge in [-0.25, -0.2) is 8.78 Å². The first kappa shape index (κ1) is 19.0. The summed E-state index contributed by atoms with van der Waals surface area (Å²) in [5.41, 5.74) is 0.606. The highest BCUT2D eigenvalue weighted by Crippen LogP contribution is 2.54. The number of carbonyl (C=O) groups is 1. The van der Waals surface area contributed by atoms with E-state index in [4.69, 9.17) is 0 Å². The molecule has 0 bridgehead atoms. The molecular weight excluding hydrogens is 362 g/mol. The van der Waals surface area contributed by atoms with E-state index in [-0.39, 0.29) is 18.1 Å². The fraction of sp³-hybridized carbons (Fsp3) is 0.409. The summed E-state index contributed by atoms with van der Waals surface area (Å²) < 4.78 is 28.9. The SMILES string of the molecule is CNC[C@@H](O)C(c1cccc(F)c1)N1C(=O)C2(CCCC2)c2cccc(F)c21. The Morgan fingerprint density at radius 1 is 1.18 bits per heavy atom. The maximum Gasteiger partial charge on any atom is 0.238 e. The zero-order chi connectivity index (χ0) is 19.9. The van der Waals surface area contributed by atoms with Gasteiger partial charge in [-0.1, -0.05) is 37.1 Å². The molecular formula is C22H24F2N2O2. The van der Waals surface area contributed by atoms with Crippen LogP contribution < -0.4 is 10.2 Å². The molecule has 2 aliphatic rings. The van der Waals surface area contributed by atoms with E-state index in [1.54, 1.807) is 19.2 Å². The highest BCUT2D eigenvalue weighted by molar-refractivity contribution is 6.09. The van der Waals surface area contributed by atoms with Crippen LogP contribution in [-0.4, -0.2) is 30.7 Å². The third kappa shape index (κ3) is 2.83. The van der Waals surface area contributed by atoms with Gasteiger partial charge >= 0.3 is 0 Å². The molecule has 1 saturated carbocycles. The number of nitrogens with zero attached hydrogens (tertiary/aromatic N) is 1. The molecule has 1 heterocycles. The molecule has 1 unspecified atom stereocenters. The van der Waals surface area contributed by atoms with Crippen LogP contribution in [-0.2, 0) is 10.2 Å². The van der Waals surface area contributed by atoms with Gasteiger partial charge in [-0.15, -0.1) is 0 Å². The number of carbonyl (C=O) groups excluding carboxylic acids is 1. The normalized spacial score (nSPS) is 19.9. The van der Waals surface area contributed by atoms with Gasteiger partial charge in [-0.2, -0.15) is 0 Å². The smallest absolute Gasteiger partial charge is 0.238 e. The minimum Gasteiger partial charge on any atom is -0.389 e. The van der Waals surface area contributed by atoms with Crippen molar-refractivity contribution in [3.05, 3.63) is 65.2 Å². The Morgan fingerprint density at radius 2 is 1.89 bits per heavy atom. The van der Waals surface area contributed by atoms with Crippen molar-refractivity contribution in [3.63, 3.8) is 0 Å². The molecule has 6 heteroatoms. The highest BCUT2D eigenvalue weighted by atomic mass is 19.1. The van der Waals surface area contributed by atoms with E-state index >= 15 is 0 Å². The van der Waals surface area contributed by atoms with Gasteiger partial charge in [0.2, 0.25) is 5.91 Å². The summed E-state index contributed by atoms with van der Waals surface area (Å²) in [6.45, 7) is 0.182. The predicted octanol–water partition coefficient (Wildman–Crippen LogP) is 3.44. The summed E-state index contributed by atoms with van der Waals surface area (Å²) in [5, 5.41) is 13.8. The quantitative estimate of drug-likeness (QED) is 0.828. The Morgan fingerprint density at radius 3 is 2.57 bits per heavy atom. The summed E-state index contributed by atoms with van der Waals surface area (Å²) in [6, 6.07) is 9.71. The van der Waals surface area contributed by atoms with Gasteiger partial charge in [-0.05, 0) is 49.2 Å². The third-order valence-corrected chi connectivity index (χ3v) is 6.07. The first-order valence-electron chi connectivity index (χ1n) is 9.70. The number of anilines is 1. The molecule has 1 spiro atoms. The molecule has 148 valence electrons. The predicted molar refractivity (Wildman–Crippen MR) is 103 cm³/mol. The van der Waals surface area contributed by atoms with Crippen LogP contribution in [0.15, 0.2) is 42.5 Å². The van der Waals surface area contributed by atoms with Crippen LogP contribution in [0.25, 0.3) is 0 Å². The van der Waals surface area contributed by atoms with Crippen molar-refractivity contribution in [2.24, 2.45) is 0 Å². The Hall–Kier alpha value is -2.31. The van der Waals surface area contributed by atoms with Crippen LogP contribution in [0.3, 0.4) is 0 Å². The van der Waals surface area contributed by atoms with Gasteiger partial charge in [-0.3, -0.25) is 9.69 Å². The van der Waals surface area contributed by atoms with E-state index in [1.807, 2.05) is 6.07 Å². The third-order valence-electron chi connectivity index (χ3n) is 6.07. The highest BCUT2D eigenvalue weighted by Gasteiger charge is 2.55. The molecule has 2 atom stereocenters. The molecule has 0 saturated heterocycles. The molecule has 2 aromatic carbocycles. The monoisotopic (exact) mass is 386 g/mol. The van der Waals surface area contributed by atoms with E-state index in [2.05, 4.69) is 5.32 Å². The second kappa shape index (κ2) is 7.26. The number of halogens is 2. The van der Waals surface area contributed by atoms with E-state index in [1.165, 1.54) is 29.2 Å². The number of para-hydroxylation sites is 1. The lowest BCUT2D eigenvalue weighted by molar-refractivity contribution is -0.124. The van der Waals surface area contributed by atoms with Crippen LogP contribution in [0.1, 0.15) is 42.9 Å². The van der Waals surface area contributed by atoms with Crippen molar-refractivity contribution in [2.75, 3.05) is 18.5 Å². The maximum atomic E-state index is 15.0. The average Bonchev–Trinajstić information content (AvgIpc) is 3.24. The average molecular weight is 386 g/mol. The number of rotatable bonds is 5. The van der Waals surface area contributed by atoms with Crippen molar-refractivity contribution >= 4 is 11.6 Å². The zero-order valence-electron chi connectivity index (χ0n) is 15.8. The fourth-order valence-electron chi connectivity index (χ4n) is 4.88. The number of hydrogen-bond donors (Lipinski definition) is 2. The molecule has 1 fully saturated rings. The van der Waals surface area contributed by atoms with E-state index < -0.39 is 29.2 Å². The molecule has 1 amide bonds. The first-order valence-corrected chi connectivity index (χ1v) is 9.70. The van der Waals surface area contributed by atoms with Crippen molar-refractivity contribution in [1.82, 2.24) is 5.32 Å². The summed E-state index contributed by atoms with van der Waals surface area (Å²) in [7, 11) is 1.69. The lowest BCUT2D eigenvalue weighted by Crippen LogP contribution is -2.46. The van der Waals surface area contributed by atoms with Crippen LogP contribution >= 0.6 is 0 Å². The van der Waals surface area contributed by atoms with Crippen LogP contribution in [0.4, 0.5) is 14.5 Å². The van der Waals surface area contributed by atoms with Crippen molar-refractivity contribution in [1.29, 1.82) is 0 Å². The molecule has 0 radical (unpaired) electrons. The van der Waals surface area contributed by atoms with Crippen molar-refractivity contribution < 1.29 is 18.7 Å². The Bertz CT molecular complexity index is 896. The lowest BCUT2D eigenvalue weighted by atomic mass is 9.80. The molecule has 1 aliphatic carbocycles. The molecule has 2 N–H and O–H groups in total. The number of amides is 1. The van der Waals surface area contributed by atoms with Crippen molar-refractivity contribution in [2.45, 2.75) is 43.2 Å². The number of likely N-dealkylation sites (N-methyl/N-ethyl adjacent to an activating group) is 1. The van der Waals surface area contributed by atoms with Crippen LogP contribution in [0.2, 0.25) is 0 Å². The number of aliphatic hydroxyl groups excluding tert-OH is 1. The number of nitrogens with one attached hydrogen (secondary N) is 1. The van der Waals surface area contributed by atoms with E-state index in [0.29, 0.717) is 24.0 Å². The fourth-order valence-corrected chi connectivity index (χ4v) is 4.88. The second-order valence-corrected chi connectivity index (χ2v) is 7.73. The largest absolute Gasteiger partial charge is 0.389 e. The maximum absolute atomic E-state index is 15.0. The minimum atomic E-state index is -1.03. The minimum absolute atomic E-state index is 0.182. The first-order chi connectivity index (χ1) is 13.5. The van der Waals surface area contributed by atoms with Gasteiger partial charge in [0.25, 0.3) is 0 Å². The lowest BCUT2D eigenvalue weighted by Gasteiger charge is -2.34. The summed E-state index contributed by atoms with van der Waals surface area (Å²) >= 11 is 0. The van der Waals surface area contributed by atoms with Crippen LogP contribution in [0.5, 0.6) is 0 Å². The summed E-state index contributed by atoms with van der Waals surface area (Å²) in [5.74, 6) is -1.16. The topological polar surface area (TPSA) is 52.6 Å². The Balaban J connectivity index is 1.90. The molecule has 2 aromatic rings. The van der Waals surface area contributed by atoms with E-state index in [0.717, 1.165) is 12.8 Å². The van der Waals surface area contributed by atoms with Gasteiger partial charge in [0, 0.05) is 6.54 Å². The molecule has 1 aliphatic heterocycles. The van der Waals surface area contributed by atoms with Gasteiger partial charge < -0.3 is 10.4 Å². The van der Waals surface area contributed by atoms with E-state index in [9.17, 15) is 18.7 Å². The Labute approximate surface area is 163 Å². The number of benzene rings is 2. The van der Waals surface area contributed by atoms with Gasteiger partial charge in [0.1, 0.15) is 11.6 Å². The van der Waals surface area contributed by atoms with Crippen LogP contribution in [0, 0.1) is 11.6 Å². The number of aliphatic hydroxyl groups is 1. The van der Waals surface area contributed by atoms with Gasteiger partial charge in [0.05, 0.1) is 23.2 Å². The molecule has 0 aromatic heterocycles. The standard InChI is InChI=1S/C22H24F2N2O2/c1-25-13-18(27)19(14-6-4-7-15(23)12-14)26-20-16(8-5-9-17(20)24)22(21(26)28)10-2-3-11-22/h4-9,12,18-19,25,27H,2-3,10-11,13H2,1H3/t18-,19?/m1/s1. The van der Waals surface area contributed by atoms with Crippen molar-refractivity contribution in [3.8, 4) is 0 Å². The second-order valence-electron chi connectivity index (χ2n) is 7.73. The number of fused-ring (bicyclic) bond motifs is 2. The zero-order valence-corrected chi connectivity index (χ0v) is 15.8. The van der Waals surface area contributed by atoms with Gasteiger partial charge in [0.15, 0.2) is 0 Å². The summed E-state index contributed by atoms with van der Waals surface area (Å²) in [4.78, 5) is 15.1. The molecule has 28 heavy (non-hydrogen) atoms. The Kier molecular flexibility index (Phi) is 4.93.